The van der Waals surface area contributed by atoms with Crippen molar-refractivity contribution in [2.24, 2.45) is 5.92 Å². The Kier molecular flexibility index (Phi) is 58.3. The molecule has 0 saturated carbocycles. The number of rotatable bonds is 66. The number of hydrogen-bond acceptors (Lipinski definition) is 15. The van der Waals surface area contributed by atoms with Crippen molar-refractivity contribution < 1.29 is 80.2 Å². The van der Waals surface area contributed by atoms with Crippen LogP contribution in [0.4, 0.5) is 0 Å². The molecule has 0 aliphatic heterocycles. The fraction of sp³-hybridized carbons (Fsp3) is 0.939. The molecule has 0 heterocycles. The largest absolute Gasteiger partial charge is 0.472 e. The highest BCUT2D eigenvalue weighted by atomic mass is 31.2. The van der Waals surface area contributed by atoms with Crippen molar-refractivity contribution in [3.05, 3.63) is 0 Å². The second-order valence-electron chi connectivity index (χ2n) is 24.3. The zero-order chi connectivity index (χ0) is 62.8. The van der Waals surface area contributed by atoms with Gasteiger partial charge in [0, 0.05) is 25.7 Å². The van der Waals surface area contributed by atoms with Gasteiger partial charge in [0.15, 0.2) is 12.2 Å². The fourth-order valence-electron chi connectivity index (χ4n) is 9.94. The molecule has 0 aliphatic rings. The van der Waals surface area contributed by atoms with Crippen LogP contribution in [0, 0.1) is 5.92 Å². The predicted octanol–water partition coefficient (Wildman–Crippen LogP) is 18.6. The first-order valence-corrected chi connectivity index (χ1v) is 37.6. The first-order valence-electron chi connectivity index (χ1n) is 34.6. The lowest BCUT2D eigenvalue weighted by atomic mass is 10.0. The maximum atomic E-state index is 13.0. The summed E-state index contributed by atoms with van der Waals surface area (Å²) in [6.45, 7) is 7.19. The Morgan fingerprint density at radius 2 is 0.541 bits per heavy atom. The zero-order valence-corrected chi connectivity index (χ0v) is 56.5. The number of hydrogen-bond donors (Lipinski definition) is 3. The summed E-state index contributed by atoms with van der Waals surface area (Å²) < 4.78 is 68.1. The van der Waals surface area contributed by atoms with E-state index in [1.54, 1.807) is 0 Å². The van der Waals surface area contributed by atoms with Crippen molar-refractivity contribution >= 4 is 39.5 Å². The summed E-state index contributed by atoms with van der Waals surface area (Å²) >= 11 is 0. The van der Waals surface area contributed by atoms with Crippen LogP contribution in [0.3, 0.4) is 0 Å². The Labute approximate surface area is 517 Å². The molecule has 0 aromatic heterocycles. The van der Waals surface area contributed by atoms with Gasteiger partial charge in [-0.25, -0.2) is 9.13 Å². The van der Waals surface area contributed by atoms with Gasteiger partial charge in [-0.15, -0.1) is 0 Å². The summed E-state index contributed by atoms with van der Waals surface area (Å²) in [7, 11) is -9.89. The average Bonchev–Trinajstić information content (AvgIpc) is 3.58. The molecule has 0 radical (unpaired) electrons. The third-order valence-electron chi connectivity index (χ3n) is 15.3. The van der Waals surface area contributed by atoms with E-state index in [1.165, 1.54) is 161 Å². The van der Waals surface area contributed by atoms with E-state index < -0.39 is 97.5 Å². The lowest BCUT2D eigenvalue weighted by Gasteiger charge is -2.21. The van der Waals surface area contributed by atoms with Crippen molar-refractivity contribution in [3.8, 4) is 0 Å². The van der Waals surface area contributed by atoms with Gasteiger partial charge in [-0.1, -0.05) is 285 Å². The van der Waals surface area contributed by atoms with E-state index in [-0.39, 0.29) is 25.7 Å². The van der Waals surface area contributed by atoms with Crippen molar-refractivity contribution in [1.82, 2.24) is 0 Å². The minimum atomic E-state index is -4.95. The van der Waals surface area contributed by atoms with Crippen LogP contribution in [-0.2, 0) is 65.4 Å². The number of phosphoric acid groups is 2. The molecule has 2 unspecified atom stereocenters. The Morgan fingerprint density at radius 1 is 0.318 bits per heavy atom. The van der Waals surface area contributed by atoms with Crippen LogP contribution in [0.1, 0.15) is 336 Å². The van der Waals surface area contributed by atoms with Crippen molar-refractivity contribution in [1.29, 1.82) is 0 Å². The highest BCUT2D eigenvalue weighted by Gasteiger charge is 2.30. The summed E-state index contributed by atoms with van der Waals surface area (Å²) in [5, 5.41) is 10.5. The van der Waals surface area contributed by atoms with Gasteiger partial charge in [0.25, 0.3) is 0 Å². The fourth-order valence-corrected chi connectivity index (χ4v) is 11.5. The molecule has 5 atom stereocenters. The maximum absolute atomic E-state index is 13.0. The highest BCUT2D eigenvalue weighted by Crippen LogP contribution is 2.45. The SMILES string of the molecule is CCCCCCCCCCCCCCC(=O)OC[C@H](COP(=O)(O)OC[C@@H](O)COP(=O)(O)OC[C@@H](COC(=O)CCCCCCCCCCC)OC(=O)CCCCCCCCCCCCC)OC(=O)CCCCCCCCCCCCC(C)C. The minimum Gasteiger partial charge on any atom is -0.462 e. The molecule has 0 rings (SSSR count). The molecule has 0 aromatic carbocycles. The van der Waals surface area contributed by atoms with E-state index >= 15 is 0 Å². The maximum Gasteiger partial charge on any atom is 0.472 e. The van der Waals surface area contributed by atoms with Gasteiger partial charge < -0.3 is 33.8 Å². The van der Waals surface area contributed by atoms with Crippen molar-refractivity contribution in [3.63, 3.8) is 0 Å². The normalized spacial score (nSPS) is 14.2. The molecule has 0 fully saturated rings. The predicted molar refractivity (Wildman–Crippen MR) is 340 cm³/mol. The second kappa shape index (κ2) is 59.7. The molecule has 0 amide bonds. The number of ether oxygens (including phenoxy) is 4. The number of phosphoric ester groups is 2. The molecular formula is C66H128O17P2. The number of aliphatic hydroxyl groups excluding tert-OH is 1. The minimum absolute atomic E-state index is 0.106. The molecule has 504 valence electrons. The van der Waals surface area contributed by atoms with Gasteiger partial charge >= 0.3 is 39.5 Å². The summed E-state index contributed by atoms with van der Waals surface area (Å²) in [4.78, 5) is 72.3. The highest BCUT2D eigenvalue weighted by molar-refractivity contribution is 7.47. The molecule has 19 heteroatoms. The third-order valence-corrected chi connectivity index (χ3v) is 17.2. The summed E-state index contributed by atoms with van der Waals surface area (Å²) in [6.07, 6.45) is 44.3. The van der Waals surface area contributed by atoms with E-state index in [0.29, 0.717) is 25.7 Å². The topological polar surface area (TPSA) is 237 Å². The van der Waals surface area contributed by atoms with Crippen LogP contribution in [0.2, 0.25) is 0 Å². The molecule has 0 aliphatic carbocycles. The Hall–Kier alpha value is -1.94. The van der Waals surface area contributed by atoms with E-state index in [0.717, 1.165) is 95.8 Å². The van der Waals surface area contributed by atoms with E-state index in [9.17, 15) is 43.2 Å². The first kappa shape index (κ1) is 83.1. The molecule has 3 N–H and O–H groups in total. The lowest BCUT2D eigenvalue weighted by molar-refractivity contribution is -0.161. The van der Waals surface area contributed by atoms with E-state index in [2.05, 4.69) is 34.6 Å². The third kappa shape index (κ3) is 60.7. The summed E-state index contributed by atoms with van der Waals surface area (Å²) in [6, 6.07) is 0. The summed E-state index contributed by atoms with van der Waals surface area (Å²) in [5.41, 5.74) is 0. The van der Waals surface area contributed by atoms with Crippen molar-refractivity contribution in [2.45, 2.75) is 355 Å². The van der Waals surface area contributed by atoms with Gasteiger partial charge in [0.2, 0.25) is 0 Å². The standard InChI is InChI=1S/C66H128O17P2/c1-6-9-12-15-18-21-23-25-30-35-40-45-50-64(69)77-56-62(83-66(71)52-47-42-37-32-27-26-29-33-38-43-48-59(4)5)58-81-85(74,75)79-54-60(67)53-78-84(72,73)80-57-61(55-76-63(68)49-44-39-34-28-20-17-14-11-8-3)82-65(70)51-46-41-36-31-24-22-19-16-13-10-7-2/h59-62,67H,6-58H2,1-5H3,(H,72,73)(H,74,75)/t60-,61+,62+/m0/s1. The molecule has 0 spiro atoms. The van der Waals surface area contributed by atoms with Crippen LogP contribution in [0.15, 0.2) is 0 Å². The molecule has 0 bridgehead atoms. The molecule has 0 saturated heterocycles. The zero-order valence-electron chi connectivity index (χ0n) is 54.7. The Balaban J connectivity index is 5.24. The first-order chi connectivity index (χ1) is 41.0. The molecular weight excluding hydrogens is 1130 g/mol. The average molecular weight is 1260 g/mol. The molecule has 17 nitrogen and oxygen atoms in total. The van der Waals surface area contributed by atoms with Gasteiger partial charge in [-0.3, -0.25) is 37.3 Å². The Morgan fingerprint density at radius 3 is 0.800 bits per heavy atom. The van der Waals surface area contributed by atoms with Crippen molar-refractivity contribution in [2.75, 3.05) is 39.6 Å². The number of carbonyl (C=O) groups is 4. The smallest absolute Gasteiger partial charge is 0.462 e. The van der Waals surface area contributed by atoms with E-state index in [4.69, 9.17) is 37.0 Å². The number of unbranched alkanes of at least 4 members (excludes halogenated alkanes) is 38. The van der Waals surface area contributed by atoms with Crippen LogP contribution in [-0.4, -0.2) is 96.7 Å². The van der Waals surface area contributed by atoms with E-state index in [1.807, 2.05) is 0 Å². The lowest BCUT2D eigenvalue weighted by Crippen LogP contribution is -2.30. The van der Waals surface area contributed by atoms with Crippen LogP contribution in [0.5, 0.6) is 0 Å². The van der Waals surface area contributed by atoms with Gasteiger partial charge in [0.1, 0.15) is 19.3 Å². The van der Waals surface area contributed by atoms with Crippen LogP contribution < -0.4 is 0 Å². The summed E-state index contributed by atoms with van der Waals surface area (Å²) in [5.74, 6) is -1.38. The van der Waals surface area contributed by atoms with Crippen LogP contribution in [0.25, 0.3) is 0 Å². The molecule has 85 heavy (non-hydrogen) atoms. The quantitative estimate of drug-likeness (QED) is 0.0222. The van der Waals surface area contributed by atoms with Gasteiger partial charge in [-0.2, -0.15) is 0 Å². The van der Waals surface area contributed by atoms with Gasteiger partial charge in [-0.05, 0) is 31.6 Å². The monoisotopic (exact) mass is 1250 g/mol. The molecule has 0 aromatic rings. The van der Waals surface area contributed by atoms with Gasteiger partial charge in [0.05, 0.1) is 26.4 Å². The number of esters is 4. The van der Waals surface area contributed by atoms with Crippen LogP contribution >= 0.6 is 15.6 Å². The second-order valence-corrected chi connectivity index (χ2v) is 27.2. The Bertz CT molecular complexity index is 1650. The number of carbonyl (C=O) groups excluding carboxylic acids is 4. The number of aliphatic hydroxyl groups is 1.